The molecule has 0 radical (unpaired) electrons. The summed E-state index contributed by atoms with van der Waals surface area (Å²) in [7, 11) is 0. The number of benzene rings is 4. The van der Waals surface area contributed by atoms with Crippen molar-refractivity contribution < 1.29 is 0 Å². The summed E-state index contributed by atoms with van der Waals surface area (Å²) in [6.45, 7) is 24.2. The van der Waals surface area contributed by atoms with E-state index in [9.17, 15) is 0 Å². The summed E-state index contributed by atoms with van der Waals surface area (Å²) < 4.78 is 0. The molecule has 4 aromatic rings. The molecule has 0 bridgehead atoms. The van der Waals surface area contributed by atoms with Crippen molar-refractivity contribution in [1.29, 1.82) is 0 Å². The summed E-state index contributed by atoms with van der Waals surface area (Å²) in [5.41, 5.74) is 18.6. The number of anilines is 5. The molecule has 1 aliphatic carbocycles. The quantitative estimate of drug-likeness (QED) is 0.179. The Balaban J connectivity index is 1.56. The summed E-state index contributed by atoms with van der Waals surface area (Å²) in [5, 5.41) is 0. The summed E-state index contributed by atoms with van der Waals surface area (Å²) in [5.74, 6) is 0. The fraction of sp³-hybridized carbons (Fsp3) is 0.429. The van der Waals surface area contributed by atoms with Crippen molar-refractivity contribution in [2.75, 3.05) is 9.80 Å². The van der Waals surface area contributed by atoms with Crippen molar-refractivity contribution >= 4 is 51.5 Å². The lowest BCUT2D eigenvalue weighted by Gasteiger charge is -2.53. The van der Waals surface area contributed by atoms with E-state index in [1.165, 1.54) is 92.8 Å². The zero-order valence-corrected chi connectivity index (χ0v) is 29.2. The highest BCUT2D eigenvalue weighted by Crippen LogP contribution is 2.62. The van der Waals surface area contributed by atoms with Crippen LogP contribution in [-0.4, -0.2) is 12.3 Å². The number of nitrogens with zero attached hydrogens (tertiary/aromatic N) is 2. The van der Waals surface area contributed by atoms with Gasteiger partial charge in [0.15, 0.2) is 0 Å². The average molecular weight is 593 g/mol. The maximum absolute atomic E-state index is 2.88. The molecule has 4 aromatic carbocycles. The Labute approximate surface area is 271 Å². The molecule has 0 saturated heterocycles. The molecule has 3 heteroatoms. The second-order valence-electron chi connectivity index (χ2n) is 17.2. The lowest BCUT2D eigenvalue weighted by Crippen LogP contribution is -2.64. The third kappa shape index (κ3) is 3.82. The van der Waals surface area contributed by atoms with Gasteiger partial charge in [0.1, 0.15) is 0 Å². The van der Waals surface area contributed by atoms with Gasteiger partial charge >= 0.3 is 0 Å². The molecule has 4 aliphatic rings. The van der Waals surface area contributed by atoms with Crippen LogP contribution < -0.4 is 26.2 Å². The molecule has 3 aliphatic heterocycles. The molecule has 2 atom stereocenters. The normalized spacial score (nSPS) is 23.0. The number of hydrogen-bond acceptors (Lipinski definition) is 2. The monoisotopic (exact) mass is 592 g/mol. The van der Waals surface area contributed by atoms with Crippen LogP contribution in [-0.2, 0) is 16.2 Å². The summed E-state index contributed by atoms with van der Waals surface area (Å²) in [4.78, 5) is 5.47. The molecule has 0 amide bonds. The molecular formula is C42H49BN2. The zero-order chi connectivity index (χ0) is 31.8. The van der Waals surface area contributed by atoms with Gasteiger partial charge in [0.05, 0.1) is 5.54 Å². The minimum absolute atomic E-state index is 0.0158. The van der Waals surface area contributed by atoms with Gasteiger partial charge in [-0.05, 0) is 119 Å². The van der Waals surface area contributed by atoms with Gasteiger partial charge in [-0.2, -0.15) is 0 Å². The van der Waals surface area contributed by atoms with Crippen LogP contribution in [0.2, 0.25) is 0 Å². The number of aryl methyl sites for hydroxylation is 2. The van der Waals surface area contributed by atoms with Crippen LogP contribution in [0.1, 0.15) is 109 Å². The lowest BCUT2D eigenvalue weighted by molar-refractivity contribution is 0.195. The minimum Gasteiger partial charge on any atom is -0.335 e. The molecule has 0 N–H and O–H groups in total. The van der Waals surface area contributed by atoms with Crippen molar-refractivity contribution in [3.63, 3.8) is 0 Å². The van der Waals surface area contributed by atoms with Crippen LogP contribution in [0.25, 0.3) is 0 Å². The second kappa shape index (κ2) is 9.08. The van der Waals surface area contributed by atoms with E-state index >= 15 is 0 Å². The molecule has 2 unspecified atom stereocenters. The minimum atomic E-state index is 0.0158. The standard InChI is InChI=1S/C42H49BN2/c1-26-14-13-15-30(20-26)44-34-21-27(2)16-17-32(34)43-33-23-28(39(3,4)5)22-31-38(33)45(42(10)19-12-11-18-41(31,42)9)36-25-29(40(6,7)8)24-35(44)37(36)43/h13-17,20-25H,11-12,18-19H2,1-10H3. The highest BCUT2D eigenvalue weighted by Gasteiger charge is 2.61. The average Bonchev–Trinajstić information content (AvgIpc) is 3.17. The molecule has 45 heavy (non-hydrogen) atoms. The Hall–Kier alpha value is -3.46. The largest absolute Gasteiger partial charge is 0.335 e. The summed E-state index contributed by atoms with van der Waals surface area (Å²) in [6, 6.07) is 26.7. The van der Waals surface area contributed by atoms with E-state index in [0.717, 1.165) is 0 Å². The van der Waals surface area contributed by atoms with Crippen molar-refractivity contribution in [3.05, 3.63) is 94.5 Å². The first-order chi connectivity index (χ1) is 21.1. The van der Waals surface area contributed by atoms with Crippen LogP contribution >= 0.6 is 0 Å². The van der Waals surface area contributed by atoms with E-state index < -0.39 is 0 Å². The topological polar surface area (TPSA) is 6.48 Å². The van der Waals surface area contributed by atoms with E-state index in [-0.39, 0.29) is 28.5 Å². The molecule has 230 valence electrons. The van der Waals surface area contributed by atoms with Crippen LogP contribution in [0, 0.1) is 13.8 Å². The smallest absolute Gasteiger partial charge is 0.252 e. The van der Waals surface area contributed by atoms with Gasteiger partial charge < -0.3 is 9.80 Å². The van der Waals surface area contributed by atoms with Crippen molar-refractivity contribution in [2.45, 2.75) is 117 Å². The predicted molar refractivity (Wildman–Crippen MR) is 195 cm³/mol. The molecule has 1 saturated carbocycles. The van der Waals surface area contributed by atoms with Gasteiger partial charge in [-0.1, -0.05) is 97.7 Å². The zero-order valence-electron chi connectivity index (χ0n) is 29.2. The van der Waals surface area contributed by atoms with Crippen LogP contribution in [0.15, 0.2) is 66.7 Å². The Morgan fingerprint density at radius 2 is 1.33 bits per heavy atom. The van der Waals surface area contributed by atoms with Gasteiger partial charge in [0, 0.05) is 33.9 Å². The molecule has 2 nitrogen and oxygen atoms in total. The van der Waals surface area contributed by atoms with E-state index in [0.29, 0.717) is 0 Å². The highest BCUT2D eigenvalue weighted by atomic mass is 15.3. The number of rotatable bonds is 1. The van der Waals surface area contributed by atoms with Crippen molar-refractivity contribution in [3.8, 4) is 0 Å². The third-order valence-electron chi connectivity index (χ3n) is 12.2. The van der Waals surface area contributed by atoms with Gasteiger partial charge in [0.2, 0.25) is 0 Å². The number of fused-ring (bicyclic) bond motifs is 7. The van der Waals surface area contributed by atoms with Crippen LogP contribution in [0.4, 0.5) is 28.4 Å². The van der Waals surface area contributed by atoms with Gasteiger partial charge in [0.25, 0.3) is 6.71 Å². The highest BCUT2D eigenvalue weighted by molar-refractivity contribution is 7.00. The summed E-state index contributed by atoms with van der Waals surface area (Å²) >= 11 is 0. The number of hydrogen-bond donors (Lipinski definition) is 0. The lowest BCUT2D eigenvalue weighted by atomic mass is 9.33. The van der Waals surface area contributed by atoms with E-state index in [4.69, 9.17) is 0 Å². The predicted octanol–water partition coefficient (Wildman–Crippen LogP) is 9.25. The first-order valence-corrected chi connectivity index (χ1v) is 17.3. The first kappa shape index (κ1) is 29.0. The SMILES string of the molecule is Cc1cccc(N2c3cc(C)ccc3B3c4cc(C(C)(C)C)cc5c4N(c4cc(C(C)(C)C)cc2c43)C2(C)CCCCC52C)c1. The molecule has 1 fully saturated rings. The van der Waals surface area contributed by atoms with Crippen LogP contribution in [0.5, 0.6) is 0 Å². The van der Waals surface area contributed by atoms with Gasteiger partial charge in [-0.15, -0.1) is 0 Å². The maximum atomic E-state index is 2.88. The van der Waals surface area contributed by atoms with Gasteiger partial charge in [-0.25, -0.2) is 0 Å². The Morgan fingerprint density at radius 3 is 2.04 bits per heavy atom. The van der Waals surface area contributed by atoms with E-state index in [2.05, 4.69) is 146 Å². The molecule has 0 spiro atoms. The second-order valence-corrected chi connectivity index (χ2v) is 17.2. The first-order valence-electron chi connectivity index (χ1n) is 17.3. The van der Waals surface area contributed by atoms with Crippen LogP contribution in [0.3, 0.4) is 0 Å². The third-order valence-corrected chi connectivity index (χ3v) is 12.2. The Bertz CT molecular complexity index is 1910. The van der Waals surface area contributed by atoms with E-state index in [1.54, 1.807) is 5.56 Å². The molecule has 3 heterocycles. The fourth-order valence-electron chi connectivity index (χ4n) is 9.36. The van der Waals surface area contributed by atoms with Gasteiger partial charge in [-0.3, -0.25) is 0 Å². The molecular weight excluding hydrogens is 543 g/mol. The fourth-order valence-corrected chi connectivity index (χ4v) is 9.36. The Morgan fingerprint density at radius 1 is 0.667 bits per heavy atom. The van der Waals surface area contributed by atoms with E-state index in [1.807, 2.05) is 0 Å². The molecule has 8 rings (SSSR count). The summed E-state index contributed by atoms with van der Waals surface area (Å²) in [6.07, 6.45) is 5.07. The van der Waals surface area contributed by atoms with Crippen molar-refractivity contribution in [2.24, 2.45) is 0 Å². The van der Waals surface area contributed by atoms with Crippen molar-refractivity contribution in [1.82, 2.24) is 0 Å². The maximum Gasteiger partial charge on any atom is 0.252 e. The molecule has 0 aromatic heterocycles. The Kier molecular flexibility index (Phi) is 5.85.